The van der Waals surface area contributed by atoms with Crippen LogP contribution in [0.1, 0.15) is 16.0 Å². The SMILES string of the molecule is Cc1ccc(C)c(OCC(=O)Nc2ccnn2Cc2cccs2)c1. The Labute approximate surface area is 144 Å². The number of nitrogens with one attached hydrogen (secondary N) is 1. The first-order valence-corrected chi connectivity index (χ1v) is 8.54. The fourth-order valence-electron chi connectivity index (χ4n) is 2.30. The average Bonchev–Trinajstić information content (AvgIpc) is 3.21. The lowest BCUT2D eigenvalue weighted by molar-refractivity contribution is -0.118. The highest BCUT2D eigenvalue weighted by Gasteiger charge is 2.10. The minimum atomic E-state index is -0.205. The number of anilines is 1. The van der Waals surface area contributed by atoms with Crippen LogP contribution in [0.15, 0.2) is 48.0 Å². The lowest BCUT2D eigenvalue weighted by Crippen LogP contribution is -2.22. The highest BCUT2D eigenvalue weighted by Crippen LogP contribution is 2.19. The predicted octanol–water partition coefficient (Wildman–Crippen LogP) is 3.63. The van der Waals surface area contributed by atoms with Crippen LogP contribution in [0.5, 0.6) is 5.75 Å². The van der Waals surface area contributed by atoms with Gasteiger partial charge in [0.05, 0.1) is 12.7 Å². The van der Waals surface area contributed by atoms with Crippen molar-refractivity contribution in [2.75, 3.05) is 11.9 Å². The van der Waals surface area contributed by atoms with Gasteiger partial charge in [0, 0.05) is 10.9 Å². The van der Waals surface area contributed by atoms with Gasteiger partial charge in [-0.3, -0.25) is 4.79 Å². The monoisotopic (exact) mass is 341 g/mol. The van der Waals surface area contributed by atoms with Crippen molar-refractivity contribution >= 4 is 23.1 Å². The lowest BCUT2D eigenvalue weighted by atomic mass is 10.1. The number of rotatable bonds is 6. The Morgan fingerprint density at radius 2 is 2.17 bits per heavy atom. The molecular weight excluding hydrogens is 322 g/mol. The van der Waals surface area contributed by atoms with Crippen LogP contribution >= 0.6 is 11.3 Å². The molecule has 0 radical (unpaired) electrons. The van der Waals surface area contributed by atoms with Gasteiger partial charge in [0.15, 0.2) is 6.61 Å². The largest absolute Gasteiger partial charge is 0.483 e. The zero-order valence-corrected chi connectivity index (χ0v) is 14.5. The Kier molecular flexibility index (Phi) is 4.96. The van der Waals surface area contributed by atoms with Gasteiger partial charge in [-0.05, 0) is 42.5 Å². The second-order valence-corrected chi connectivity index (χ2v) is 6.59. The van der Waals surface area contributed by atoms with Crippen LogP contribution in [0.25, 0.3) is 0 Å². The van der Waals surface area contributed by atoms with Crippen LogP contribution in [0, 0.1) is 13.8 Å². The van der Waals surface area contributed by atoms with Crippen LogP contribution in [-0.4, -0.2) is 22.3 Å². The Morgan fingerprint density at radius 1 is 1.29 bits per heavy atom. The van der Waals surface area contributed by atoms with E-state index in [0.717, 1.165) is 16.9 Å². The van der Waals surface area contributed by atoms with Gasteiger partial charge < -0.3 is 10.1 Å². The first-order valence-electron chi connectivity index (χ1n) is 7.66. The van der Waals surface area contributed by atoms with Gasteiger partial charge >= 0.3 is 0 Å². The third-order valence-electron chi connectivity index (χ3n) is 3.57. The molecule has 0 fully saturated rings. The summed E-state index contributed by atoms with van der Waals surface area (Å²) in [4.78, 5) is 13.3. The molecule has 3 rings (SSSR count). The van der Waals surface area contributed by atoms with Gasteiger partial charge in [-0.1, -0.05) is 18.2 Å². The number of aryl methyl sites for hydroxylation is 2. The highest BCUT2D eigenvalue weighted by molar-refractivity contribution is 7.09. The van der Waals surface area contributed by atoms with Crippen molar-refractivity contribution in [3.8, 4) is 5.75 Å². The van der Waals surface area contributed by atoms with Gasteiger partial charge in [0.25, 0.3) is 5.91 Å². The molecule has 1 N–H and O–H groups in total. The molecule has 24 heavy (non-hydrogen) atoms. The van der Waals surface area contributed by atoms with E-state index in [0.29, 0.717) is 12.4 Å². The van der Waals surface area contributed by atoms with Gasteiger partial charge in [0.1, 0.15) is 11.6 Å². The van der Waals surface area contributed by atoms with Crippen molar-refractivity contribution in [2.24, 2.45) is 0 Å². The summed E-state index contributed by atoms with van der Waals surface area (Å²) in [6, 6.07) is 11.8. The van der Waals surface area contributed by atoms with Crippen LogP contribution < -0.4 is 10.1 Å². The number of carbonyl (C=O) groups excluding carboxylic acids is 1. The Bertz CT molecular complexity index is 825. The maximum absolute atomic E-state index is 12.2. The van der Waals surface area contributed by atoms with E-state index in [1.165, 1.54) is 4.88 Å². The zero-order chi connectivity index (χ0) is 16.9. The van der Waals surface area contributed by atoms with E-state index in [1.807, 2.05) is 49.6 Å². The van der Waals surface area contributed by atoms with Crippen LogP contribution in [0.4, 0.5) is 5.82 Å². The number of ether oxygens (including phenoxy) is 1. The number of aromatic nitrogens is 2. The van der Waals surface area contributed by atoms with Gasteiger partial charge in [-0.2, -0.15) is 5.10 Å². The van der Waals surface area contributed by atoms with Crippen molar-refractivity contribution in [1.29, 1.82) is 0 Å². The lowest BCUT2D eigenvalue weighted by Gasteiger charge is -2.11. The molecule has 6 heteroatoms. The number of thiophene rings is 1. The molecule has 0 aliphatic carbocycles. The summed E-state index contributed by atoms with van der Waals surface area (Å²) in [5, 5.41) is 9.13. The van der Waals surface area contributed by atoms with E-state index < -0.39 is 0 Å². The van der Waals surface area contributed by atoms with Crippen molar-refractivity contribution in [3.63, 3.8) is 0 Å². The van der Waals surface area contributed by atoms with Crippen molar-refractivity contribution in [3.05, 3.63) is 64.0 Å². The van der Waals surface area contributed by atoms with Gasteiger partial charge in [0.2, 0.25) is 0 Å². The average molecular weight is 341 g/mol. The van der Waals surface area contributed by atoms with Gasteiger partial charge in [-0.15, -0.1) is 11.3 Å². The molecule has 5 nitrogen and oxygen atoms in total. The topological polar surface area (TPSA) is 56.1 Å². The van der Waals surface area contributed by atoms with E-state index in [4.69, 9.17) is 4.74 Å². The third kappa shape index (κ3) is 4.02. The molecule has 1 aromatic carbocycles. The second-order valence-electron chi connectivity index (χ2n) is 5.56. The molecule has 2 heterocycles. The molecule has 0 aliphatic heterocycles. The fourth-order valence-corrected chi connectivity index (χ4v) is 2.99. The number of benzene rings is 1. The number of carbonyl (C=O) groups is 1. The molecule has 0 unspecified atom stereocenters. The molecule has 1 amide bonds. The predicted molar refractivity (Wildman–Crippen MR) is 95.7 cm³/mol. The molecule has 124 valence electrons. The summed E-state index contributed by atoms with van der Waals surface area (Å²) in [7, 11) is 0. The highest BCUT2D eigenvalue weighted by atomic mass is 32.1. The molecular formula is C18H19N3O2S. The first-order chi connectivity index (χ1) is 11.6. The summed E-state index contributed by atoms with van der Waals surface area (Å²) < 4.78 is 7.40. The standard InChI is InChI=1S/C18H19N3O2S/c1-13-5-6-14(2)16(10-13)23-12-18(22)20-17-7-8-19-21(17)11-15-4-3-9-24-15/h3-10H,11-12H2,1-2H3,(H,20,22). The number of hydrogen-bond acceptors (Lipinski definition) is 4. The molecule has 0 saturated heterocycles. The molecule has 2 aromatic heterocycles. The summed E-state index contributed by atoms with van der Waals surface area (Å²) in [5.74, 6) is 1.19. The summed E-state index contributed by atoms with van der Waals surface area (Å²) in [6.45, 7) is 4.56. The Balaban J connectivity index is 1.59. The summed E-state index contributed by atoms with van der Waals surface area (Å²) in [6.07, 6.45) is 1.68. The van der Waals surface area contributed by atoms with Crippen LogP contribution in [-0.2, 0) is 11.3 Å². The molecule has 3 aromatic rings. The second kappa shape index (κ2) is 7.31. The summed E-state index contributed by atoms with van der Waals surface area (Å²) in [5.41, 5.74) is 2.11. The number of hydrogen-bond donors (Lipinski definition) is 1. The molecule has 0 bridgehead atoms. The minimum absolute atomic E-state index is 0.0333. The summed E-state index contributed by atoms with van der Waals surface area (Å²) >= 11 is 1.66. The molecule has 0 atom stereocenters. The minimum Gasteiger partial charge on any atom is -0.483 e. The smallest absolute Gasteiger partial charge is 0.263 e. The van der Waals surface area contributed by atoms with E-state index >= 15 is 0 Å². The molecule has 0 aliphatic rings. The van der Waals surface area contributed by atoms with Crippen LogP contribution in [0.3, 0.4) is 0 Å². The maximum Gasteiger partial charge on any atom is 0.263 e. The Hall–Kier alpha value is -2.60. The van der Waals surface area contributed by atoms with Gasteiger partial charge in [-0.25, -0.2) is 4.68 Å². The molecule has 0 saturated carbocycles. The number of nitrogens with zero attached hydrogens (tertiary/aromatic N) is 2. The maximum atomic E-state index is 12.2. The molecule has 0 spiro atoms. The first kappa shape index (κ1) is 16.3. The van der Waals surface area contributed by atoms with E-state index in [9.17, 15) is 4.79 Å². The normalized spacial score (nSPS) is 10.6. The van der Waals surface area contributed by atoms with Crippen molar-refractivity contribution in [2.45, 2.75) is 20.4 Å². The van der Waals surface area contributed by atoms with E-state index in [1.54, 1.807) is 28.3 Å². The fraction of sp³-hybridized carbons (Fsp3) is 0.222. The van der Waals surface area contributed by atoms with E-state index in [2.05, 4.69) is 10.4 Å². The third-order valence-corrected chi connectivity index (χ3v) is 4.43. The number of amides is 1. The quantitative estimate of drug-likeness (QED) is 0.745. The van der Waals surface area contributed by atoms with Crippen molar-refractivity contribution < 1.29 is 9.53 Å². The zero-order valence-electron chi connectivity index (χ0n) is 13.7. The Morgan fingerprint density at radius 3 is 2.96 bits per heavy atom. The van der Waals surface area contributed by atoms with Crippen LogP contribution in [0.2, 0.25) is 0 Å². The van der Waals surface area contributed by atoms with Crippen molar-refractivity contribution in [1.82, 2.24) is 9.78 Å². The van der Waals surface area contributed by atoms with E-state index in [-0.39, 0.29) is 12.5 Å².